The molecule has 270 valence electrons. The second kappa shape index (κ2) is 26.6. The minimum atomic E-state index is -1.74. The fourth-order valence-electron chi connectivity index (χ4n) is 3.42. The third-order valence-corrected chi connectivity index (χ3v) is 5.66. The van der Waals surface area contributed by atoms with E-state index in [1.165, 1.54) is 0 Å². The lowest BCUT2D eigenvalue weighted by Crippen LogP contribution is -2.34. The average molecular weight is 673 g/mol. The van der Waals surface area contributed by atoms with Crippen LogP contribution in [0.5, 0.6) is 0 Å². The maximum absolute atomic E-state index is 11.3. The largest absolute Gasteiger partial charge is 0.508 e. The lowest BCUT2D eigenvalue weighted by atomic mass is 10.2. The molecule has 0 unspecified atom stereocenters. The van der Waals surface area contributed by atoms with Crippen LogP contribution in [-0.2, 0) is 38.0 Å². The lowest BCUT2D eigenvalue weighted by Gasteiger charge is -2.20. The standard InChI is InChI=1S/C28H52N2O16/c1-18(16-43-10-8-41-12-14-45-27(39)23(29-19(2)33)25(37)21(35)4-6-31)17-44-11-9-42-13-15-46-28(40)24(30-20(3)34)26(38)22(36)5-7-32/h18,21-22,27-28,31-32,35-40H,4-17H2,1-3H3,(H,29,33)(H,30,34)/b25-23-,26-24-/t21-,22-,27-,28-/m0/s1. The van der Waals surface area contributed by atoms with Gasteiger partial charge in [-0.1, -0.05) is 6.92 Å². The van der Waals surface area contributed by atoms with E-state index in [1.807, 2.05) is 6.92 Å². The Labute approximate surface area is 268 Å². The molecule has 0 rings (SSSR count). The molecule has 18 heteroatoms. The molecule has 0 aliphatic heterocycles. The van der Waals surface area contributed by atoms with Crippen molar-refractivity contribution in [3.8, 4) is 0 Å². The summed E-state index contributed by atoms with van der Waals surface area (Å²) in [6, 6.07) is 0. The van der Waals surface area contributed by atoms with E-state index in [4.69, 9.17) is 38.6 Å². The van der Waals surface area contributed by atoms with Crippen molar-refractivity contribution < 1.29 is 78.9 Å². The Morgan fingerprint density at radius 3 is 1.24 bits per heavy atom. The lowest BCUT2D eigenvalue weighted by molar-refractivity contribution is -0.123. The van der Waals surface area contributed by atoms with Crippen molar-refractivity contribution in [3.05, 3.63) is 22.9 Å². The van der Waals surface area contributed by atoms with E-state index in [-0.39, 0.29) is 71.6 Å². The summed E-state index contributed by atoms with van der Waals surface area (Å²) in [6.07, 6.45) is -6.88. The van der Waals surface area contributed by atoms with Crippen molar-refractivity contribution in [3.63, 3.8) is 0 Å². The van der Waals surface area contributed by atoms with Crippen molar-refractivity contribution in [2.45, 2.75) is 58.4 Å². The van der Waals surface area contributed by atoms with Crippen LogP contribution in [0.1, 0.15) is 33.6 Å². The van der Waals surface area contributed by atoms with Gasteiger partial charge in [-0.2, -0.15) is 0 Å². The van der Waals surface area contributed by atoms with Gasteiger partial charge in [0, 0.05) is 45.8 Å². The highest BCUT2D eigenvalue weighted by molar-refractivity contribution is 5.75. The molecular formula is C28H52N2O16. The van der Waals surface area contributed by atoms with Crippen LogP contribution in [0, 0.1) is 5.92 Å². The van der Waals surface area contributed by atoms with Crippen molar-refractivity contribution >= 4 is 11.8 Å². The molecule has 0 spiro atoms. The number of aliphatic hydroxyl groups excluding tert-OH is 8. The van der Waals surface area contributed by atoms with Crippen LogP contribution in [0.3, 0.4) is 0 Å². The molecule has 0 heterocycles. The number of hydrogen-bond acceptors (Lipinski definition) is 16. The third kappa shape index (κ3) is 20.6. The molecule has 0 radical (unpaired) electrons. The molecule has 18 nitrogen and oxygen atoms in total. The van der Waals surface area contributed by atoms with E-state index in [1.54, 1.807) is 0 Å². The number of nitrogens with one attached hydrogen (secondary N) is 2. The molecule has 2 amide bonds. The Kier molecular flexibility index (Phi) is 25.2. The summed E-state index contributed by atoms with van der Waals surface area (Å²) in [4.78, 5) is 22.7. The molecule has 0 aromatic rings. The van der Waals surface area contributed by atoms with Gasteiger partial charge in [-0.15, -0.1) is 0 Å². The number of carbonyl (C=O) groups is 2. The van der Waals surface area contributed by atoms with Gasteiger partial charge in [0.25, 0.3) is 0 Å². The van der Waals surface area contributed by atoms with Crippen LogP contribution < -0.4 is 10.6 Å². The number of hydrogen-bond donors (Lipinski definition) is 10. The highest BCUT2D eigenvalue weighted by atomic mass is 16.6. The summed E-state index contributed by atoms with van der Waals surface area (Å²) in [6.45, 7) is 5.15. The van der Waals surface area contributed by atoms with Gasteiger partial charge in [0.1, 0.15) is 35.1 Å². The quantitative estimate of drug-likeness (QED) is 0.0237. The molecule has 4 atom stereocenters. The van der Waals surface area contributed by atoms with Crippen molar-refractivity contribution in [1.82, 2.24) is 10.6 Å². The third-order valence-electron chi connectivity index (χ3n) is 5.66. The Hall–Kier alpha value is -2.46. The van der Waals surface area contributed by atoms with Crippen LogP contribution in [0.25, 0.3) is 0 Å². The first-order valence-corrected chi connectivity index (χ1v) is 14.7. The fraction of sp³-hybridized carbons (Fsp3) is 0.786. The van der Waals surface area contributed by atoms with Crippen molar-refractivity contribution in [2.75, 3.05) is 79.3 Å². The number of aliphatic hydroxyl groups is 8. The molecule has 0 aliphatic carbocycles. The average Bonchev–Trinajstić information content (AvgIpc) is 3.00. The van der Waals surface area contributed by atoms with Gasteiger partial charge in [0.15, 0.2) is 12.6 Å². The van der Waals surface area contributed by atoms with Crippen LogP contribution in [0.15, 0.2) is 22.9 Å². The van der Waals surface area contributed by atoms with Gasteiger partial charge >= 0.3 is 0 Å². The zero-order chi connectivity index (χ0) is 34.9. The smallest absolute Gasteiger partial charge is 0.221 e. The molecule has 10 N–H and O–H groups in total. The predicted octanol–water partition coefficient (Wildman–Crippen LogP) is -2.34. The van der Waals surface area contributed by atoms with Crippen LogP contribution >= 0.6 is 0 Å². The van der Waals surface area contributed by atoms with E-state index < -0.39 is 72.7 Å². The van der Waals surface area contributed by atoms with E-state index in [9.17, 15) is 40.2 Å². The zero-order valence-corrected chi connectivity index (χ0v) is 26.6. The first kappa shape index (κ1) is 43.5. The SMILES string of the molecule is CC(=O)N/C(=C(\O)[C@@H](O)CCO)[C@@H](O)OCCOCCOCC(C)COCCOCCO[C@H](O)/C(NC(C)=O)=C(/O)[C@@H](O)CCO. The van der Waals surface area contributed by atoms with Gasteiger partial charge in [-0.3, -0.25) is 9.59 Å². The number of ether oxygens (including phenoxy) is 6. The molecule has 0 saturated heterocycles. The van der Waals surface area contributed by atoms with Crippen molar-refractivity contribution in [1.29, 1.82) is 0 Å². The topological polar surface area (TPSA) is 275 Å². The van der Waals surface area contributed by atoms with E-state index in [0.717, 1.165) is 13.8 Å². The van der Waals surface area contributed by atoms with Crippen molar-refractivity contribution in [2.24, 2.45) is 5.92 Å². The van der Waals surface area contributed by atoms with Crippen LogP contribution in [0.4, 0.5) is 0 Å². The summed E-state index contributed by atoms with van der Waals surface area (Å²) in [5, 5.41) is 82.1. The van der Waals surface area contributed by atoms with E-state index in [0.29, 0.717) is 13.2 Å². The number of carbonyl (C=O) groups excluding carboxylic acids is 2. The Morgan fingerprint density at radius 1 is 0.587 bits per heavy atom. The summed E-state index contributed by atoms with van der Waals surface area (Å²) in [5.41, 5.74) is -0.851. The normalized spacial score (nSPS) is 16.1. The monoisotopic (exact) mass is 672 g/mol. The summed E-state index contributed by atoms with van der Waals surface area (Å²) < 4.78 is 32.1. The first-order chi connectivity index (χ1) is 21.8. The molecule has 0 saturated carbocycles. The Bertz CT molecular complexity index is 833. The Balaban J connectivity index is 4.05. The minimum Gasteiger partial charge on any atom is -0.508 e. The molecular weight excluding hydrogens is 620 g/mol. The van der Waals surface area contributed by atoms with Crippen LogP contribution in [0.2, 0.25) is 0 Å². The molecule has 0 fully saturated rings. The van der Waals surface area contributed by atoms with E-state index >= 15 is 0 Å². The van der Waals surface area contributed by atoms with E-state index in [2.05, 4.69) is 10.6 Å². The van der Waals surface area contributed by atoms with Gasteiger partial charge in [0.2, 0.25) is 11.8 Å². The van der Waals surface area contributed by atoms with Gasteiger partial charge < -0.3 is 79.9 Å². The summed E-state index contributed by atoms with van der Waals surface area (Å²) in [5.74, 6) is -2.58. The highest BCUT2D eigenvalue weighted by Crippen LogP contribution is 2.13. The minimum absolute atomic E-state index is 0.0673. The van der Waals surface area contributed by atoms with Crippen LogP contribution in [-0.4, -0.2) is 157 Å². The molecule has 0 bridgehead atoms. The highest BCUT2D eigenvalue weighted by Gasteiger charge is 2.24. The maximum Gasteiger partial charge on any atom is 0.221 e. The fourth-order valence-corrected chi connectivity index (χ4v) is 3.42. The number of amides is 2. The zero-order valence-electron chi connectivity index (χ0n) is 26.6. The summed E-state index contributed by atoms with van der Waals surface area (Å²) >= 11 is 0. The molecule has 0 aliphatic rings. The second-order valence-corrected chi connectivity index (χ2v) is 9.94. The van der Waals surface area contributed by atoms with Gasteiger partial charge in [-0.25, -0.2) is 0 Å². The summed E-state index contributed by atoms with van der Waals surface area (Å²) in [7, 11) is 0. The maximum atomic E-state index is 11.3. The predicted molar refractivity (Wildman–Crippen MR) is 159 cm³/mol. The first-order valence-electron chi connectivity index (χ1n) is 14.7. The molecule has 0 aromatic carbocycles. The number of rotatable bonds is 28. The molecule has 0 aromatic heterocycles. The Morgan fingerprint density at radius 2 is 0.913 bits per heavy atom. The van der Waals surface area contributed by atoms with Gasteiger partial charge in [-0.05, 0) is 0 Å². The van der Waals surface area contributed by atoms with Gasteiger partial charge in [0.05, 0.1) is 66.1 Å². The second-order valence-electron chi connectivity index (χ2n) is 9.94. The molecule has 46 heavy (non-hydrogen) atoms.